The maximum Gasteiger partial charge on any atom is 0.312 e. The topological polar surface area (TPSA) is 103 Å². The third kappa shape index (κ3) is 6.16. The second-order valence-corrected chi connectivity index (χ2v) is 17.8. The normalized spacial score (nSPS) is 29.9. The number of rotatable bonds is 10. The fourth-order valence-corrected chi connectivity index (χ4v) is 10.3. The third-order valence-electron chi connectivity index (χ3n) is 14.1. The summed E-state index contributed by atoms with van der Waals surface area (Å²) >= 11 is 0. The maximum atomic E-state index is 16.4. The van der Waals surface area contributed by atoms with Crippen LogP contribution >= 0.6 is 0 Å². The van der Waals surface area contributed by atoms with Crippen molar-refractivity contribution in [2.75, 3.05) is 13.2 Å². The molecule has 280 valence electrons. The first-order valence-electron chi connectivity index (χ1n) is 19.9. The molecule has 2 amide bonds. The van der Waals surface area contributed by atoms with E-state index in [4.69, 9.17) is 14.2 Å². The summed E-state index contributed by atoms with van der Waals surface area (Å²) < 4.78 is 34.8. The van der Waals surface area contributed by atoms with Crippen molar-refractivity contribution in [2.45, 2.75) is 115 Å². The van der Waals surface area contributed by atoms with Crippen molar-refractivity contribution in [1.29, 1.82) is 0 Å². The summed E-state index contributed by atoms with van der Waals surface area (Å²) in [5.74, 6) is -0.359. The van der Waals surface area contributed by atoms with Crippen molar-refractivity contribution in [2.24, 2.45) is 28.6 Å². The Labute approximate surface area is 310 Å². The van der Waals surface area contributed by atoms with Crippen LogP contribution in [0, 0.1) is 34.4 Å². The molecule has 9 heteroatoms. The largest absolute Gasteiger partial charge is 0.491 e. The molecule has 0 saturated heterocycles. The molecule has 3 aromatic carbocycles. The Morgan fingerprint density at radius 1 is 0.925 bits per heavy atom. The lowest BCUT2D eigenvalue weighted by Crippen LogP contribution is -2.51. The summed E-state index contributed by atoms with van der Waals surface area (Å²) in [5, 5.41) is 8.67. The van der Waals surface area contributed by atoms with Crippen LogP contribution < -0.4 is 20.1 Å². The fourth-order valence-electron chi connectivity index (χ4n) is 10.3. The Morgan fingerprint density at radius 3 is 2.43 bits per heavy atom. The summed E-state index contributed by atoms with van der Waals surface area (Å²) in [4.78, 5) is 41.2. The van der Waals surface area contributed by atoms with E-state index in [-0.39, 0.29) is 71.0 Å². The van der Waals surface area contributed by atoms with Gasteiger partial charge in [0.1, 0.15) is 12.4 Å². The highest BCUT2D eigenvalue weighted by Gasteiger charge is 2.56. The number of hydrogen-bond acceptors (Lipinski definition) is 6. The molecule has 6 aliphatic rings. The first kappa shape index (κ1) is 34.6. The monoisotopic (exact) mass is 722 g/mol. The van der Waals surface area contributed by atoms with Crippen molar-refractivity contribution in [1.82, 2.24) is 10.6 Å². The quantitative estimate of drug-likeness (QED) is 0.206. The van der Waals surface area contributed by atoms with Crippen LogP contribution in [0.15, 0.2) is 48.5 Å². The van der Waals surface area contributed by atoms with Gasteiger partial charge < -0.3 is 24.8 Å². The number of nitrogens with one attached hydrogen (secondary N) is 2. The van der Waals surface area contributed by atoms with Gasteiger partial charge in [0.15, 0.2) is 11.6 Å². The molecule has 0 aromatic heterocycles. The van der Waals surface area contributed by atoms with E-state index >= 15 is 4.39 Å². The van der Waals surface area contributed by atoms with E-state index in [1.165, 1.54) is 12.5 Å². The third-order valence-corrected chi connectivity index (χ3v) is 14.1. The second-order valence-electron chi connectivity index (χ2n) is 17.8. The van der Waals surface area contributed by atoms with Crippen molar-refractivity contribution < 1.29 is 33.0 Å². The highest BCUT2D eigenvalue weighted by molar-refractivity contribution is 5.99. The number of esters is 1. The van der Waals surface area contributed by atoms with Gasteiger partial charge >= 0.3 is 5.97 Å². The average Bonchev–Trinajstić information content (AvgIpc) is 3.43. The Morgan fingerprint density at radius 2 is 1.68 bits per heavy atom. The zero-order chi connectivity index (χ0) is 36.5. The summed E-state index contributed by atoms with van der Waals surface area (Å²) in [6.07, 6.45) is 9.90. The van der Waals surface area contributed by atoms with Gasteiger partial charge in [0.25, 0.3) is 5.91 Å². The minimum Gasteiger partial charge on any atom is -0.491 e. The number of carbonyl (C=O) groups is 3. The lowest BCUT2D eigenvalue weighted by atomic mass is 9.70. The molecule has 5 fully saturated rings. The van der Waals surface area contributed by atoms with Gasteiger partial charge in [0.2, 0.25) is 5.91 Å². The number of amides is 2. The second kappa shape index (κ2) is 13.0. The molecular formula is C44H51FN2O6. The van der Waals surface area contributed by atoms with Crippen molar-refractivity contribution >= 4 is 28.6 Å². The molecule has 1 aliphatic heterocycles. The molecule has 1 heterocycles. The zero-order valence-corrected chi connectivity index (χ0v) is 30.9. The Balaban J connectivity index is 0.885. The van der Waals surface area contributed by atoms with Crippen molar-refractivity contribution in [3.05, 3.63) is 71.0 Å². The minimum absolute atomic E-state index is 0.0407. The minimum atomic E-state index is -0.670. The number of halogens is 1. The van der Waals surface area contributed by atoms with Crippen LogP contribution in [0.1, 0.15) is 112 Å². The molecule has 0 radical (unpaired) electrons. The van der Waals surface area contributed by atoms with E-state index in [0.717, 1.165) is 61.3 Å². The summed E-state index contributed by atoms with van der Waals surface area (Å²) in [5.41, 5.74) is 0.788. The van der Waals surface area contributed by atoms with Crippen LogP contribution in [0.3, 0.4) is 0 Å². The molecule has 4 atom stereocenters. The number of carbonyl (C=O) groups excluding carboxylic acids is 3. The molecule has 9 rings (SSSR count). The Bertz CT molecular complexity index is 1960. The smallest absolute Gasteiger partial charge is 0.312 e. The molecule has 8 nitrogen and oxygen atoms in total. The number of ether oxygens (including phenoxy) is 3. The molecule has 2 N–H and O–H groups in total. The summed E-state index contributed by atoms with van der Waals surface area (Å²) in [6, 6.07) is 15.3. The van der Waals surface area contributed by atoms with E-state index in [2.05, 4.69) is 17.6 Å². The van der Waals surface area contributed by atoms with E-state index < -0.39 is 16.6 Å². The van der Waals surface area contributed by atoms with Crippen LogP contribution in [-0.2, 0) is 26.3 Å². The van der Waals surface area contributed by atoms with Gasteiger partial charge in [-0.05, 0) is 117 Å². The van der Waals surface area contributed by atoms with Crippen LogP contribution in [0.25, 0.3) is 10.8 Å². The first-order valence-corrected chi connectivity index (χ1v) is 19.9. The van der Waals surface area contributed by atoms with Crippen LogP contribution in [-0.4, -0.2) is 43.1 Å². The number of hydrogen-bond donors (Lipinski definition) is 2. The van der Waals surface area contributed by atoms with Crippen LogP contribution in [0.5, 0.6) is 11.5 Å². The SMILES string of the molecule is CC1(CNC(=O)[C@H]2[C@@H]3CC[C@@H](C3)[C@H]2NC(=O)c2cc(OC3CCC(C)(C(=O)OCc4cccc5ccccc45)CC3)c(F)c3c2OCC32CC2)CCC1. The molecule has 53 heavy (non-hydrogen) atoms. The Hall–Kier alpha value is -4.14. The molecule has 2 bridgehead atoms. The van der Waals surface area contributed by atoms with Crippen LogP contribution in [0.4, 0.5) is 4.39 Å². The average molecular weight is 723 g/mol. The molecule has 5 aliphatic carbocycles. The van der Waals surface area contributed by atoms with Crippen molar-refractivity contribution in [3.63, 3.8) is 0 Å². The summed E-state index contributed by atoms with van der Waals surface area (Å²) in [6.45, 7) is 5.40. The Kier molecular flexibility index (Phi) is 8.50. The van der Waals surface area contributed by atoms with E-state index in [1.807, 2.05) is 49.4 Å². The van der Waals surface area contributed by atoms with Gasteiger partial charge in [-0.2, -0.15) is 0 Å². The highest BCUT2D eigenvalue weighted by Crippen LogP contribution is 2.59. The van der Waals surface area contributed by atoms with Gasteiger partial charge in [0, 0.05) is 23.6 Å². The lowest BCUT2D eigenvalue weighted by Gasteiger charge is -2.39. The highest BCUT2D eigenvalue weighted by atomic mass is 19.1. The number of benzene rings is 3. The maximum absolute atomic E-state index is 16.4. The predicted octanol–water partition coefficient (Wildman–Crippen LogP) is 7.92. The molecule has 5 saturated carbocycles. The van der Waals surface area contributed by atoms with E-state index in [0.29, 0.717) is 50.1 Å². The van der Waals surface area contributed by atoms with Crippen molar-refractivity contribution in [3.8, 4) is 11.5 Å². The molecule has 3 aromatic rings. The van der Waals surface area contributed by atoms with Crippen LogP contribution in [0.2, 0.25) is 0 Å². The van der Waals surface area contributed by atoms with Gasteiger partial charge in [-0.3, -0.25) is 14.4 Å². The molecule has 0 unspecified atom stereocenters. The standard InChI is InChI=1S/C44H51FN2O6/c1-42(15-6-16-42)24-46-40(49)34-27-11-12-28(21-27)37(34)47-39(48)32-22-33(36(45)35-38(32)52-25-44(35)19-20-44)53-30-13-17-43(2,18-14-30)41(50)51-23-29-9-5-8-26-7-3-4-10-31(26)29/h3-5,7-10,22,27-28,30,34,37H,6,11-21,23-25H2,1-2H3,(H,46,49)(H,47,48)/t27-,28+,30?,34+,37-,43?/m1/s1. The predicted molar refractivity (Wildman–Crippen MR) is 198 cm³/mol. The molecule has 1 spiro atoms. The first-order chi connectivity index (χ1) is 25.5. The van der Waals surface area contributed by atoms with Gasteiger partial charge in [0.05, 0.1) is 29.6 Å². The zero-order valence-electron chi connectivity index (χ0n) is 30.9. The van der Waals surface area contributed by atoms with Gasteiger partial charge in [-0.15, -0.1) is 0 Å². The molecular weight excluding hydrogens is 671 g/mol. The summed E-state index contributed by atoms with van der Waals surface area (Å²) in [7, 11) is 0. The van der Waals surface area contributed by atoms with Gasteiger partial charge in [-0.25, -0.2) is 4.39 Å². The van der Waals surface area contributed by atoms with E-state index in [9.17, 15) is 14.4 Å². The fraction of sp³-hybridized carbons (Fsp3) is 0.568. The number of fused-ring (bicyclic) bond motifs is 5. The van der Waals surface area contributed by atoms with Gasteiger partial charge in [-0.1, -0.05) is 55.8 Å². The lowest BCUT2D eigenvalue weighted by molar-refractivity contribution is -0.159. The van der Waals surface area contributed by atoms with E-state index in [1.54, 1.807) is 0 Å².